The van der Waals surface area contributed by atoms with E-state index in [-0.39, 0.29) is 11.8 Å². The monoisotopic (exact) mass is 413 g/mol. The molecule has 5 nitrogen and oxygen atoms in total. The molecular weight excluding hydrogens is 394 g/mol. The average Bonchev–Trinajstić information content (AvgIpc) is 3.21. The number of benzene rings is 2. The minimum atomic E-state index is 0.0684. The van der Waals surface area contributed by atoms with Crippen molar-refractivity contribution >= 4 is 38.6 Å². The molecule has 0 radical (unpaired) electrons. The van der Waals surface area contributed by atoms with Crippen LogP contribution in [-0.4, -0.2) is 35.7 Å². The summed E-state index contributed by atoms with van der Waals surface area (Å²) in [5.74, 6) is 1.16. The predicted octanol–water partition coefficient (Wildman–Crippen LogP) is 3.97. The highest BCUT2D eigenvalue weighted by Gasteiger charge is 2.35. The van der Waals surface area contributed by atoms with Gasteiger partial charge >= 0.3 is 0 Å². The maximum absolute atomic E-state index is 12.7. The lowest BCUT2D eigenvalue weighted by atomic mass is 10.1. The standard InChI is InChI=1S/C20H20BrN3O2/c1-26-11-10-23-18-9-5-3-7-16(18)22-20(23)14-12-19(25)24(13-14)17-8-4-2-6-15(17)21/h2-9,14H,10-13H2,1H3/t14-/m1/s1. The third kappa shape index (κ3) is 3.04. The van der Waals surface area contributed by atoms with Crippen LogP contribution in [-0.2, 0) is 16.1 Å². The Labute approximate surface area is 160 Å². The molecule has 134 valence electrons. The van der Waals surface area contributed by atoms with Crippen LogP contribution in [0.15, 0.2) is 53.0 Å². The maximum atomic E-state index is 12.7. The van der Waals surface area contributed by atoms with E-state index in [0.29, 0.717) is 19.6 Å². The molecule has 1 aromatic heterocycles. The van der Waals surface area contributed by atoms with Crippen LogP contribution >= 0.6 is 15.9 Å². The summed E-state index contributed by atoms with van der Waals surface area (Å²) in [5, 5.41) is 0. The van der Waals surface area contributed by atoms with Gasteiger partial charge in [-0.15, -0.1) is 0 Å². The van der Waals surface area contributed by atoms with E-state index in [1.165, 1.54) is 0 Å². The molecule has 2 aromatic carbocycles. The first kappa shape index (κ1) is 17.2. The molecule has 1 saturated heterocycles. The Bertz CT molecular complexity index is 953. The number of carbonyl (C=O) groups excluding carboxylic acids is 1. The van der Waals surface area contributed by atoms with Gasteiger partial charge in [0.15, 0.2) is 0 Å². The fourth-order valence-corrected chi connectivity index (χ4v) is 4.11. The first-order valence-electron chi connectivity index (χ1n) is 8.68. The highest BCUT2D eigenvalue weighted by atomic mass is 79.9. The normalized spacial score (nSPS) is 17.4. The Balaban J connectivity index is 1.70. The lowest BCUT2D eigenvalue weighted by molar-refractivity contribution is -0.117. The van der Waals surface area contributed by atoms with Gasteiger partial charge in [-0.2, -0.15) is 0 Å². The van der Waals surface area contributed by atoms with E-state index >= 15 is 0 Å². The number of rotatable bonds is 5. The second kappa shape index (κ2) is 7.21. The largest absolute Gasteiger partial charge is 0.383 e. The summed E-state index contributed by atoms with van der Waals surface area (Å²) in [6.45, 7) is 1.98. The van der Waals surface area contributed by atoms with Crippen molar-refractivity contribution in [2.45, 2.75) is 18.9 Å². The van der Waals surface area contributed by atoms with Gasteiger partial charge in [0.2, 0.25) is 5.91 Å². The predicted molar refractivity (Wildman–Crippen MR) is 105 cm³/mol. The maximum Gasteiger partial charge on any atom is 0.227 e. The summed E-state index contributed by atoms with van der Waals surface area (Å²) >= 11 is 3.56. The number of methoxy groups -OCH3 is 1. The molecule has 0 spiro atoms. The molecule has 1 amide bonds. The number of aromatic nitrogens is 2. The summed E-state index contributed by atoms with van der Waals surface area (Å²) < 4.78 is 8.40. The zero-order valence-electron chi connectivity index (χ0n) is 14.6. The zero-order chi connectivity index (χ0) is 18.1. The molecule has 0 aliphatic carbocycles. The zero-order valence-corrected chi connectivity index (χ0v) is 16.1. The molecular formula is C20H20BrN3O2. The van der Waals surface area contributed by atoms with Gasteiger partial charge in [-0.1, -0.05) is 24.3 Å². The summed E-state index contributed by atoms with van der Waals surface area (Å²) in [7, 11) is 1.70. The van der Waals surface area contributed by atoms with E-state index in [9.17, 15) is 4.79 Å². The van der Waals surface area contributed by atoms with E-state index in [4.69, 9.17) is 9.72 Å². The van der Waals surface area contributed by atoms with E-state index in [1.54, 1.807) is 7.11 Å². The molecule has 4 rings (SSSR count). The van der Waals surface area contributed by atoms with Gasteiger partial charge < -0.3 is 14.2 Å². The number of imidazole rings is 1. The Morgan fingerprint density at radius 1 is 1.19 bits per heavy atom. The first-order valence-corrected chi connectivity index (χ1v) is 9.47. The number of anilines is 1. The van der Waals surface area contributed by atoms with Crippen molar-refractivity contribution in [2.75, 3.05) is 25.2 Å². The van der Waals surface area contributed by atoms with E-state index < -0.39 is 0 Å². The van der Waals surface area contributed by atoms with Crippen molar-refractivity contribution in [3.8, 4) is 0 Å². The molecule has 26 heavy (non-hydrogen) atoms. The summed E-state index contributed by atoms with van der Waals surface area (Å²) in [6.07, 6.45) is 0.470. The molecule has 1 aliphatic heterocycles. The van der Waals surface area contributed by atoms with Crippen LogP contribution in [0.1, 0.15) is 18.2 Å². The topological polar surface area (TPSA) is 47.4 Å². The molecule has 0 unspecified atom stereocenters. The molecule has 0 bridgehead atoms. The van der Waals surface area contributed by atoms with E-state index in [1.807, 2.05) is 47.4 Å². The van der Waals surface area contributed by atoms with Gasteiger partial charge in [0.1, 0.15) is 5.82 Å². The third-order valence-electron chi connectivity index (χ3n) is 4.84. The Hall–Kier alpha value is -2.18. The summed E-state index contributed by atoms with van der Waals surface area (Å²) in [5.41, 5.74) is 2.97. The fraction of sp³-hybridized carbons (Fsp3) is 0.300. The van der Waals surface area contributed by atoms with Crippen molar-refractivity contribution in [3.05, 3.63) is 58.8 Å². The van der Waals surface area contributed by atoms with Crippen LogP contribution in [0.4, 0.5) is 5.69 Å². The molecule has 0 saturated carbocycles. The Morgan fingerprint density at radius 2 is 1.96 bits per heavy atom. The van der Waals surface area contributed by atoms with Gasteiger partial charge in [0.25, 0.3) is 0 Å². The Morgan fingerprint density at radius 3 is 2.77 bits per heavy atom. The van der Waals surface area contributed by atoms with Crippen molar-refractivity contribution < 1.29 is 9.53 Å². The van der Waals surface area contributed by atoms with Gasteiger partial charge in [0, 0.05) is 37.0 Å². The lowest BCUT2D eigenvalue weighted by Gasteiger charge is -2.18. The highest BCUT2D eigenvalue weighted by Crippen LogP contribution is 2.36. The number of hydrogen-bond acceptors (Lipinski definition) is 3. The van der Waals surface area contributed by atoms with Crippen LogP contribution in [0.25, 0.3) is 11.0 Å². The SMILES string of the molecule is COCCn1c([C@@H]2CC(=O)N(c3ccccc3Br)C2)nc2ccccc21. The first-order chi connectivity index (χ1) is 12.7. The molecule has 2 heterocycles. The lowest BCUT2D eigenvalue weighted by Crippen LogP contribution is -2.25. The minimum absolute atomic E-state index is 0.0684. The summed E-state index contributed by atoms with van der Waals surface area (Å²) in [4.78, 5) is 19.4. The third-order valence-corrected chi connectivity index (χ3v) is 5.51. The molecule has 6 heteroatoms. The second-order valence-corrected chi connectivity index (χ2v) is 7.31. The van der Waals surface area contributed by atoms with Gasteiger partial charge in [-0.3, -0.25) is 4.79 Å². The number of carbonyl (C=O) groups is 1. The highest BCUT2D eigenvalue weighted by molar-refractivity contribution is 9.10. The van der Waals surface area contributed by atoms with Crippen LogP contribution in [0.3, 0.4) is 0 Å². The minimum Gasteiger partial charge on any atom is -0.383 e. The number of ether oxygens (including phenoxy) is 1. The molecule has 1 aliphatic rings. The van der Waals surface area contributed by atoms with Crippen LogP contribution in [0, 0.1) is 0 Å². The van der Waals surface area contributed by atoms with Crippen LogP contribution in [0.5, 0.6) is 0 Å². The van der Waals surface area contributed by atoms with Crippen molar-refractivity contribution in [3.63, 3.8) is 0 Å². The van der Waals surface area contributed by atoms with E-state index in [0.717, 1.165) is 33.6 Å². The molecule has 0 N–H and O–H groups in total. The van der Waals surface area contributed by atoms with Crippen LogP contribution in [0.2, 0.25) is 0 Å². The number of fused-ring (bicyclic) bond motifs is 1. The number of nitrogens with zero attached hydrogens (tertiary/aromatic N) is 3. The van der Waals surface area contributed by atoms with Crippen molar-refractivity contribution in [2.24, 2.45) is 0 Å². The second-order valence-electron chi connectivity index (χ2n) is 6.46. The quantitative estimate of drug-likeness (QED) is 0.635. The van der Waals surface area contributed by atoms with E-state index in [2.05, 4.69) is 26.6 Å². The molecule has 1 atom stereocenters. The van der Waals surface area contributed by atoms with Crippen molar-refractivity contribution in [1.29, 1.82) is 0 Å². The van der Waals surface area contributed by atoms with Crippen molar-refractivity contribution in [1.82, 2.24) is 9.55 Å². The van der Waals surface area contributed by atoms with Gasteiger partial charge in [-0.05, 0) is 40.2 Å². The molecule has 3 aromatic rings. The number of amides is 1. The smallest absolute Gasteiger partial charge is 0.227 e. The number of halogens is 1. The number of para-hydroxylation sites is 3. The average molecular weight is 414 g/mol. The summed E-state index contributed by atoms with van der Waals surface area (Å²) in [6, 6.07) is 15.9. The fourth-order valence-electron chi connectivity index (χ4n) is 3.61. The Kier molecular flexibility index (Phi) is 4.78. The van der Waals surface area contributed by atoms with Gasteiger partial charge in [-0.25, -0.2) is 4.98 Å². The van der Waals surface area contributed by atoms with Crippen LogP contribution < -0.4 is 4.90 Å². The number of hydrogen-bond donors (Lipinski definition) is 0. The molecule has 1 fully saturated rings. The van der Waals surface area contributed by atoms with Gasteiger partial charge in [0.05, 0.1) is 23.3 Å².